The molecule has 0 rings (SSSR count). The van der Waals surface area contributed by atoms with Crippen molar-refractivity contribution in [3.05, 3.63) is 0 Å². The zero-order chi connectivity index (χ0) is 11.4. The van der Waals surface area contributed by atoms with Crippen LogP contribution in [0.3, 0.4) is 0 Å². The Bertz CT molecular complexity index is 149. The lowest BCUT2D eigenvalue weighted by Crippen LogP contribution is -2.33. The quantitative estimate of drug-likeness (QED) is 0.547. The van der Waals surface area contributed by atoms with E-state index in [4.69, 9.17) is 0 Å². The molecule has 0 saturated heterocycles. The molecular formula is C12H26N2O. The Balaban J connectivity index is 3.01. The van der Waals surface area contributed by atoms with Crippen LogP contribution < -0.4 is 10.6 Å². The third-order valence-electron chi connectivity index (χ3n) is 2.37. The maximum atomic E-state index is 11.0. The molecule has 0 aliphatic rings. The summed E-state index contributed by atoms with van der Waals surface area (Å²) in [5, 5.41) is 5.91. The van der Waals surface area contributed by atoms with Crippen LogP contribution >= 0.6 is 0 Å². The largest absolute Gasteiger partial charge is 0.355 e. The van der Waals surface area contributed by atoms with Crippen LogP contribution in [0.2, 0.25) is 0 Å². The first-order chi connectivity index (χ1) is 7.31. The minimum absolute atomic E-state index is 0.100. The van der Waals surface area contributed by atoms with Crippen molar-refractivity contribution in [1.29, 1.82) is 0 Å². The smallest absolute Gasteiger partial charge is 0.233 e. The highest BCUT2D eigenvalue weighted by molar-refractivity contribution is 5.77. The van der Waals surface area contributed by atoms with Gasteiger partial charge in [0.15, 0.2) is 0 Å². The molecule has 3 heteroatoms. The maximum absolute atomic E-state index is 11.0. The molecule has 0 atom stereocenters. The van der Waals surface area contributed by atoms with Crippen LogP contribution in [0.4, 0.5) is 0 Å². The first kappa shape index (κ1) is 14.4. The predicted molar refractivity (Wildman–Crippen MR) is 64.9 cm³/mol. The SMILES string of the molecule is CCCCCCCCNCC(=O)NCC. The molecule has 0 saturated carbocycles. The molecule has 1 amide bonds. The molecule has 0 heterocycles. The maximum Gasteiger partial charge on any atom is 0.233 e. The summed E-state index contributed by atoms with van der Waals surface area (Å²) in [4.78, 5) is 11.0. The molecule has 90 valence electrons. The Kier molecular flexibility index (Phi) is 11.1. The van der Waals surface area contributed by atoms with Gasteiger partial charge in [-0.3, -0.25) is 4.79 Å². The van der Waals surface area contributed by atoms with E-state index >= 15 is 0 Å². The van der Waals surface area contributed by atoms with Crippen molar-refractivity contribution in [3.63, 3.8) is 0 Å². The second kappa shape index (κ2) is 11.5. The molecule has 0 radical (unpaired) electrons. The number of unbranched alkanes of at least 4 members (excludes halogenated alkanes) is 5. The Morgan fingerprint density at radius 2 is 1.67 bits per heavy atom. The Morgan fingerprint density at radius 3 is 2.33 bits per heavy atom. The number of rotatable bonds is 10. The van der Waals surface area contributed by atoms with Gasteiger partial charge in [-0.1, -0.05) is 39.0 Å². The lowest BCUT2D eigenvalue weighted by Gasteiger charge is -2.04. The molecular weight excluding hydrogens is 188 g/mol. The van der Waals surface area contributed by atoms with Crippen molar-refractivity contribution < 1.29 is 4.79 Å². The fourth-order valence-corrected chi connectivity index (χ4v) is 1.49. The molecule has 0 aromatic carbocycles. The topological polar surface area (TPSA) is 41.1 Å². The van der Waals surface area contributed by atoms with E-state index in [0.717, 1.165) is 13.1 Å². The van der Waals surface area contributed by atoms with Gasteiger partial charge in [0.05, 0.1) is 6.54 Å². The molecule has 0 aromatic heterocycles. The molecule has 2 N–H and O–H groups in total. The third-order valence-corrected chi connectivity index (χ3v) is 2.37. The number of nitrogens with one attached hydrogen (secondary N) is 2. The number of carbonyl (C=O) groups excluding carboxylic acids is 1. The zero-order valence-corrected chi connectivity index (χ0v) is 10.3. The van der Waals surface area contributed by atoms with Gasteiger partial charge in [-0.25, -0.2) is 0 Å². The number of carbonyl (C=O) groups is 1. The highest BCUT2D eigenvalue weighted by Crippen LogP contribution is 2.03. The second-order valence-corrected chi connectivity index (χ2v) is 3.90. The Morgan fingerprint density at radius 1 is 1.00 bits per heavy atom. The summed E-state index contributed by atoms with van der Waals surface area (Å²) in [6.07, 6.45) is 7.80. The van der Waals surface area contributed by atoms with Gasteiger partial charge in [0.2, 0.25) is 5.91 Å². The van der Waals surface area contributed by atoms with E-state index in [1.165, 1.54) is 38.5 Å². The van der Waals surface area contributed by atoms with E-state index in [1.807, 2.05) is 6.92 Å². The summed E-state index contributed by atoms with van der Waals surface area (Å²) < 4.78 is 0. The van der Waals surface area contributed by atoms with E-state index in [9.17, 15) is 4.79 Å². The fraction of sp³-hybridized carbons (Fsp3) is 0.917. The number of hydrogen-bond acceptors (Lipinski definition) is 2. The molecule has 0 aliphatic heterocycles. The highest BCUT2D eigenvalue weighted by Gasteiger charge is 1.96. The zero-order valence-electron chi connectivity index (χ0n) is 10.3. The van der Waals surface area contributed by atoms with Gasteiger partial charge in [0.1, 0.15) is 0 Å². The molecule has 0 aliphatic carbocycles. The van der Waals surface area contributed by atoms with Crippen molar-refractivity contribution in [3.8, 4) is 0 Å². The summed E-state index contributed by atoms with van der Waals surface area (Å²) >= 11 is 0. The lowest BCUT2D eigenvalue weighted by molar-refractivity contribution is -0.120. The summed E-state index contributed by atoms with van der Waals surface area (Å²) in [7, 11) is 0. The fourth-order valence-electron chi connectivity index (χ4n) is 1.49. The third kappa shape index (κ3) is 11.4. The van der Waals surface area contributed by atoms with Crippen molar-refractivity contribution >= 4 is 5.91 Å². The van der Waals surface area contributed by atoms with Crippen LogP contribution in [0.15, 0.2) is 0 Å². The Labute approximate surface area is 94.0 Å². The van der Waals surface area contributed by atoms with E-state index < -0.39 is 0 Å². The number of likely N-dealkylation sites (N-methyl/N-ethyl adjacent to an activating group) is 1. The minimum atomic E-state index is 0.100. The van der Waals surface area contributed by atoms with Crippen LogP contribution in [-0.4, -0.2) is 25.5 Å². The average Bonchev–Trinajstić information content (AvgIpc) is 2.22. The summed E-state index contributed by atoms with van der Waals surface area (Å²) in [6, 6.07) is 0. The summed E-state index contributed by atoms with van der Waals surface area (Å²) in [5.41, 5.74) is 0. The van der Waals surface area contributed by atoms with E-state index in [-0.39, 0.29) is 5.91 Å². The standard InChI is InChI=1S/C12H26N2O/c1-3-5-6-7-8-9-10-13-11-12(15)14-4-2/h13H,3-11H2,1-2H3,(H,14,15). The summed E-state index contributed by atoms with van der Waals surface area (Å²) in [6.45, 7) is 6.31. The molecule has 0 bridgehead atoms. The molecule has 3 nitrogen and oxygen atoms in total. The van der Waals surface area contributed by atoms with Crippen LogP contribution in [0, 0.1) is 0 Å². The minimum Gasteiger partial charge on any atom is -0.355 e. The Hall–Kier alpha value is -0.570. The average molecular weight is 214 g/mol. The van der Waals surface area contributed by atoms with E-state index in [1.54, 1.807) is 0 Å². The predicted octanol–water partition coefficient (Wildman–Crippen LogP) is 2.07. The molecule has 15 heavy (non-hydrogen) atoms. The molecule has 0 fully saturated rings. The number of hydrogen-bond donors (Lipinski definition) is 2. The van der Waals surface area contributed by atoms with E-state index in [2.05, 4.69) is 17.6 Å². The van der Waals surface area contributed by atoms with Crippen molar-refractivity contribution in [2.24, 2.45) is 0 Å². The van der Waals surface area contributed by atoms with Crippen LogP contribution in [0.1, 0.15) is 52.4 Å². The molecule has 0 aromatic rings. The second-order valence-electron chi connectivity index (χ2n) is 3.90. The first-order valence-electron chi connectivity index (χ1n) is 6.28. The van der Waals surface area contributed by atoms with Gasteiger partial charge in [-0.05, 0) is 19.9 Å². The van der Waals surface area contributed by atoms with E-state index in [0.29, 0.717) is 6.54 Å². The van der Waals surface area contributed by atoms with Crippen molar-refractivity contribution in [2.75, 3.05) is 19.6 Å². The normalized spacial score (nSPS) is 10.3. The molecule has 0 unspecified atom stereocenters. The van der Waals surface area contributed by atoms with Crippen molar-refractivity contribution in [2.45, 2.75) is 52.4 Å². The van der Waals surface area contributed by atoms with Gasteiger partial charge in [0, 0.05) is 6.54 Å². The van der Waals surface area contributed by atoms with Crippen LogP contribution in [0.5, 0.6) is 0 Å². The van der Waals surface area contributed by atoms with Crippen LogP contribution in [0.25, 0.3) is 0 Å². The van der Waals surface area contributed by atoms with Gasteiger partial charge < -0.3 is 10.6 Å². The number of amides is 1. The van der Waals surface area contributed by atoms with Gasteiger partial charge in [0.25, 0.3) is 0 Å². The van der Waals surface area contributed by atoms with Crippen molar-refractivity contribution in [1.82, 2.24) is 10.6 Å². The monoisotopic (exact) mass is 214 g/mol. The van der Waals surface area contributed by atoms with Crippen LogP contribution in [-0.2, 0) is 4.79 Å². The highest BCUT2D eigenvalue weighted by atomic mass is 16.1. The first-order valence-corrected chi connectivity index (χ1v) is 6.28. The lowest BCUT2D eigenvalue weighted by atomic mass is 10.1. The molecule has 0 spiro atoms. The summed E-state index contributed by atoms with van der Waals surface area (Å²) in [5.74, 6) is 0.100. The van der Waals surface area contributed by atoms with Gasteiger partial charge in [-0.2, -0.15) is 0 Å². The van der Waals surface area contributed by atoms with Gasteiger partial charge >= 0.3 is 0 Å². The van der Waals surface area contributed by atoms with Gasteiger partial charge in [-0.15, -0.1) is 0 Å².